The average molecular weight is 339 g/mol. The van der Waals surface area contributed by atoms with Gasteiger partial charge in [0.1, 0.15) is 0 Å². The van der Waals surface area contributed by atoms with Crippen LogP contribution in [0.2, 0.25) is 0 Å². The van der Waals surface area contributed by atoms with Crippen LogP contribution in [0, 0.1) is 0 Å². The molecule has 2 N–H and O–H groups in total. The molecule has 1 amide bonds. The Morgan fingerprint density at radius 1 is 1.20 bits per heavy atom. The van der Waals surface area contributed by atoms with Gasteiger partial charge in [0, 0.05) is 34.1 Å². The van der Waals surface area contributed by atoms with Crippen molar-refractivity contribution >= 4 is 39.0 Å². The number of benzene rings is 1. The Morgan fingerprint density at radius 2 is 1.95 bits per heavy atom. The van der Waals surface area contributed by atoms with E-state index in [9.17, 15) is 14.7 Å². The lowest BCUT2D eigenvalue weighted by Gasteiger charge is -2.25. The third kappa shape index (κ3) is 1.85. The Bertz CT molecular complexity index is 738. The van der Waals surface area contributed by atoms with Crippen LogP contribution in [0.25, 0.3) is 10.9 Å². The van der Waals surface area contributed by atoms with Crippen molar-refractivity contribution in [2.24, 2.45) is 0 Å². The molecule has 2 heterocycles. The molecule has 0 saturated carbocycles. The molecule has 7 heteroatoms. The number of fused-ring (bicyclic) bond motifs is 3. The number of aromatic nitrogens is 1. The molecule has 1 aliphatic heterocycles. The van der Waals surface area contributed by atoms with Gasteiger partial charge < -0.3 is 15.1 Å². The summed E-state index contributed by atoms with van der Waals surface area (Å²) in [6.07, 6.45) is -1.62. The number of carboxylic acid groups (broad SMARTS) is 2. The summed E-state index contributed by atoms with van der Waals surface area (Å²) >= 11 is 3.33. The van der Waals surface area contributed by atoms with E-state index < -0.39 is 12.2 Å². The molecule has 20 heavy (non-hydrogen) atoms. The van der Waals surface area contributed by atoms with Crippen LogP contribution in [0.15, 0.2) is 22.7 Å². The van der Waals surface area contributed by atoms with E-state index in [4.69, 9.17) is 5.11 Å². The fourth-order valence-electron chi connectivity index (χ4n) is 2.71. The van der Waals surface area contributed by atoms with Crippen molar-refractivity contribution in [1.29, 1.82) is 0 Å². The lowest BCUT2D eigenvalue weighted by atomic mass is 10.1. The second kappa shape index (κ2) is 4.52. The lowest BCUT2D eigenvalue weighted by Crippen LogP contribution is -2.35. The van der Waals surface area contributed by atoms with Crippen molar-refractivity contribution in [3.8, 4) is 0 Å². The Kier molecular flexibility index (Phi) is 2.93. The van der Waals surface area contributed by atoms with Crippen LogP contribution >= 0.6 is 15.9 Å². The second-order valence-corrected chi connectivity index (χ2v) is 5.57. The molecule has 0 radical (unpaired) electrons. The quantitative estimate of drug-likeness (QED) is 0.773. The molecular weight excluding hydrogens is 328 g/mol. The summed E-state index contributed by atoms with van der Waals surface area (Å²) in [5.41, 5.74) is 2.05. The molecule has 3 rings (SSSR count). The topological polar surface area (TPSA) is 82.8 Å². The first-order valence-corrected chi connectivity index (χ1v) is 6.81. The van der Waals surface area contributed by atoms with Crippen LogP contribution in [-0.4, -0.2) is 38.4 Å². The Labute approximate surface area is 122 Å². The second-order valence-electron chi connectivity index (χ2n) is 4.66. The van der Waals surface area contributed by atoms with E-state index in [1.165, 1.54) is 9.47 Å². The summed E-state index contributed by atoms with van der Waals surface area (Å²) in [6.45, 7) is 0.538. The number of amides is 1. The van der Waals surface area contributed by atoms with Crippen molar-refractivity contribution in [2.75, 3.05) is 6.54 Å². The monoisotopic (exact) mass is 338 g/mol. The predicted molar refractivity (Wildman–Crippen MR) is 75.2 cm³/mol. The van der Waals surface area contributed by atoms with Crippen LogP contribution in [0.5, 0.6) is 0 Å². The van der Waals surface area contributed by atoms with E-state index in [0.717, 1.165) is 15.4 Å². The summed E-state index contributed by atoms with van der Waals surface area (Å²) < 4.78 is 2.05. The van der Waals surface area contributed by atoms with Gasteiger partial charge in [0.25, 0.3) is 0 Å². The number of halogens is 1. The number of rotatable bonds is 0. The zero-order valence-corrected chi connectivity index (χ0v) is 11.9. The van der Waals surface area contributed by atoms with Crippen molar-refractivity contribution in [1.82, 2.24) is 9.47 Å². The first-order chi connectivity index (χ1) is 9.49. The maximum Gasteiger partial charge on any atom is 0.416 e. The minimum atomic E-state index is -1.04. The molecule has 0 spiro atoms. The molecule has 0 unspecified atom stereocenters. The fraction of sp³-hybridized carbons (Fsp3) is 0.231. The largest absolute Gasteiger partial charge is 0.465 e. The number of nitrogens with zero attached hydrogens (tertiary/aromatic N) is 2. The number of hydrogen-bond acceptors (Lipinski definition) is 2. The van der Waals surface area contributed by atoms with E-state index in [1.807, 2.05) is 12.1 Å². The zero-order valence-electron chi connectivity index (χ0n) is 10.3. The maximum atomic E-state index is 11.5. The summed E-state index contributed by atoms with van der Waals surface area (Å²) in [5, 5.41) is 19.3. The van der Waals surface area contributed by atoms with Gasteiger partial charge in [-0.3, -0.25) is 0 Å². The smallest absolute Gasteiger partial charge is 0.416 e. The van der Waals surface area contributed by atoms with E-state index >= 15 is 0 Å². The highest BCUT2D eigenvalue weighted by molar-refractivity contribution is 9.10. The number of carbonyl (C=O) groups is 2. The first kappa shape index (κ1) is 13.0. The van der Waals surface area contributed by atoms with Crippen LogP contribution in [0.4, 0.5) is 9.59 Å². The van der Waals surface area contributed by atoms with Crippen molar-refractivity contribution in [2.45, 2.75) is 13.0 Å². The minimum Gasteiger partial charge on any atom is -0.465 e. The molecule has 1 aromatic heterocycles. The summed E-state index contributed by atoms with van der Waals surface area (Å²) in [5.74, 6) is 0. The van der Waals surface area contributed by atoms with Gasteiger partial charge in [-0.2, -0.15) is 0 Å². The van der Waals surface area contributed by atoms with Crippen LogP contribution in [0.3, 0.4) is 0 Å². The highest BCUT2D eigenvalue weighted by Crippen LogP contribution is 2.32. The molecule has 0 saturated heterocycles. The summed E-state index contributed by atoms with van der Waals surface area (Å²) in [4.78, 5) is 23.9. The standard InChI is InChI=1S/C13H11BrN2O4/c14-7-1-2-8-9-6-15(12(17)18)4-3-10(9)16(13(19)20)11(8)5-7/h1-2,5H,3-4,6H2,(H,17,18)(H,19,20). The van der Waals surface area contributed by atoms with Gasteiger partial charge in [-0.25, -0.2) is 14.2 Å². The van der Waals surface area contributed by atoms with Crippen molar-refractivity contribution in [3.05, 3.63) is 33.9 Å². The normalized spacial score (nSPS) is 14.3. The first-order valence-electron chi connectivity index (χ1n) is 6.02. The number of hydrogen-bond donors (Lipinski definition) is 2. The van der Waals surface area contributed by atoms with Gasteiger partial charge in [0.05, 0.1) is 12.1 Å². The van der Waals surface area contributed by atoms with Gasteiger partial charge in [-0.15, -0.1) is 0 Å². The van der Waals surface area contributed by atoms with Gasteiger partial charge in [0.2, 0.25) is 0 Å². The molecule has 1 aromatic carbocycles. The minimum absolute atomic E-state index is 0.225. The average Bonchev–Trinajstić information content (AvgIpc) is 2.70. The molecule has 0 bridgehead atoms. The van der Waals surface area contributed by atoms with Gasteiger partial charge in [-0.05, 0) is 12.1 Å². The molecule has 0 fully saturated rings. The molecule has 1 aliphatic rings. The third-order valence-electron chi connectivity index (χ3n) is 3.57. The predicted octanol–water partition coefficient (Wildman–Crippen LogP) is 2.97. The van der Waals surface area contributed by atoms with Gasteiger partial charge >= 0.3 is 12.2 Å². The lowest BCUT2D eigenvalue weighted by molar-refractivity contribution is 0.139. The maximum absolute atomic E-state index is 11.5. The molecule has 0 atom stereocenters. The van der Waals surface area contributed by atoms with Crippen LogP contribution in [0.1, 0.15) is 11.3 Å². The highest BCUT2D eigenvalue weighted by Gasteiger charge is 2.28. The molecule has 104 valence electrons. The van der Waals surface area contributed by atoms with Gasteiger partial charge in [0.15, 0.2) is 0 Å². The van der Waals surface area contributed by atoms with Crippen molar-refractivity contribution < 1.29 is 19.8 Å². The third-order valence-corrected chi connectivity index (χ3v) is 4.07. The van der Waals surface area contributed by atoms with E-state index in [-0.39, 0.29) is 6.54 Å². The van der Waals surface area contributed by atoms with Gasteiger partial charge in [-0.1, -0.05) is 22.0 Å². The Morgan fingerprint density at radius 3 is 2.60 bits per heavy atom. The zero-order chi connectivity index (χ0) is 14.4. The fourth-order valence-corrected chi connectivity index (χ4v) is 3.06. The Hall–Kier alpha value is -2.02. The molecule has 2 aromatic rings. The summed E-state index contributed by atoms with van der Waals surface area (Å²) in [7, 11) is 0. The van der Waals surface area contributed by atoms with E-state index in [1.54, 1.807) is 6.07 Å². The highest BCUT2D eigenvalue weighted by atomic mass is 79.9. The summed E-state index contributed by atoms with van der Waals surface area (Å²) in [6, 6.07) is 5.39. The Balaban J connectivity index is 2.27. The van der Waals surface area contributed by atoms with Crippen molar-refractivity contribution in [3.63, 3.8) is 0 Å². The molecule has 6 nitrogen and oxygen atoms in total. The van der Waals surface area contributed by atoms with E-state index in [2.05, 4.69) is 15.9 Å². The van der Waals surface area contributed by atoms with Crippen LogP contribution < -0.4 is 0 Å². The molecule has 0 aliphatic carbocycles. The molecular formula is C13H11BrN2O4. The van der Waals surface area contributed by atoms with E-state index in [0.29, 0.717) is 24.2 Å². The SMILES string of the molecule is O=C(O)N1CCc2c(c3ccc(Br)cc3n2C(=O)O)C1. The van der Waals surface area contributed by atoms with Crippen LogP contribution in [-0.2, 0) is 13.0 Å².